The van der Waals surface area contributed by atoms with Crippen molar-refractivity contribution < 1.29 is 4.74 Å². The summed E-state index contributed by atoms with van der Waals surface area (Å²) >= 11 is 12.1. The van der Waals surface area contributed by atoms with Gasteiger partial charge in [0, 0.05) is 10.0 Å². The highest BCUT2D eigenvalue weighted by molar-refractivity contribution is 6.35. The highest BCUT2D eigenvalue weighted by Gasteiger charge is 2.53. The smallest absolute Gasteiger partial charge is 0.0947 e. The molecule has 0 aromatic heterocycles. The van der Waals surface area contributed by atoms with Crippen molar-refractivity contribution >= 4 is 23.2 Å². The molecular formula is C13H14Cl2O. The molecule has 0 radical (unpaired) electrons. The number of epoxide rings is 1. The monoisotopic (exact) mass is 256 g/mol. The van der Waals surface area contributed by atoms with Gasteiger partial charge in [0.15, 0.2) is 0 Å². The predicted molar refractivity (Wildman–Crippen MR) is 66.2 cm³/mol. The molecule has 0 N–H and O–H groups in total. The van der Waals surface area contributed by atoms with E-state index in [1.807, 2.05) is 18.2 Å². The first-order valence-electron chi connectivity index (χ1n) is 5.77. The Balaban J connectivity index is 1.79. The first kappa shape index (κ1) is 10.9. The van der Waals surface area contributed by atoms with Gasteiger partial charge in [-0.05, 0) is 42.9 Å². The Bertz CT molecular complexity index is 412. The lowest BCUT2D eigenvalue weighted by Gasteiger charge is -2.16. The third-order valence-electron chi connectivity index (χ3n) is 3.89. The first-order valence-corrected chi connectivity index (χ1v) is 6.53. The van der Waals surface area contributed by atoms with Gasteiger partial charge in [-0.2, -0.15) is 0 Å². The van der Waals surface area contributed by atoms with Crippen LogP contribution in [0.1, 0.15) is 24.8 Å². The van der Waals surface area contributed by atoms with E-state index >= 15 is 0 Å². The first-order chi connectivity index (χ1) is 7.70. The molecule has 1 spiro atoms. The van der Waals surface area contributed by atoms with E-state index in [0.717, 1.165) is 18.1 Å². The van der Waals surface area contributed by atoms with Crippen molar-refractivity contribution in [2.45, 2.75) is 31.3 Å². The molecule has 3 heteroatoms. The SMILES string of the molecule is Clc1ccc(CC2CCCC23CO3)c(Cl)c1. The van der Waals surface area contributed by atoms with E-state index in [2.05, 4.69) is 0 Å². The van der Waals surface area contributed by atoms with Gasteiger partial charge in [0.2, 0.25) is 0 Å². The molecule has 2 unspecified atom stereocenters. The summed E-state index contributed by atoms with van der Waals surface area (Å²) in [4.78, 5) is 0. The fraction of sp³-hybridized carbons (Fsp3) is 0.538. The van der Waals surface area contributed by atoms with Crippen molar-refractivity contribution in [3.05, 3.63) is 33.8 Å². The van der Waals surface area contributed by atoms with Crippen LogP contribution in [0.25, 0.3) is 0 Å². The van der Waals surface area contributed by atoms with Gasteiger partial charge in [-0.1, -0.05) is 35.7 Å². The fourth-order valence-electron chi connectivity index (χ4n) is 2.83. The van der Waals surface area contributed by atoms with Gasteiger partial charge in [0.1, 0.15) is 0 Å². The number of benzene rings is 1. The molecule has 2 aliphatic rings. The number of hydrogen-bond acceptors (Lipinski definition) is 1. The second-order valence-corrected chi connectivity index (χ2v) is 5.73. The van der Waals surface area contributed by atoms with Crippen molar-refractivity contribution in [1.82, 2.24) is 0 Å². The molecular weight excluding hydrogens is 243 g/mol. The van der Waals surface area contributed by atoms with Gasteiger partial charge in [-0.3, -0.25) is 0 Å². The van der Waals surface area contributed by atoms with Crippen molar-refractivity contribution in [1.29, 1.82) is 0 Å². The summed E-state index contributed by atoms with van der Waals surface area (Å²) in [5.41, 5.74) is 1.41. The summed E-state index contributed by atoms with van der Waals surface area (Å²) in [5.74, 6) is 0.645. The van der Waals surface area contributed by atoms with Crippen LogP contribution in [0.2, 0.25) is 10.0 Å². The normalized spacial score (nSPS) is 32.2. The predicted octanol–water partition coefficient (Wildman–Crippen LogP) is 4.11. The quantitative estimate of drug-likeness (QED) is 0.726. The Hall–Kier alpha value is -0.240. The van der Waals surface area contributed by atoms with Crippen LogP contribution in [0.4, 0.5) is 0 Å². The molecule has 1 aliphatic heterocycles. The largest absolute Gasteiger partial charge is 0.369 e. The van der Waals surface area contributed by atoms with E-state index in [1.54, 1.807) is 0 Å². The van der Waals surface area contributed by atoms with E-state index < -0.39 is 0 Å². The number of ether oxygens (including phenoxy) is 1. The number of rotatable bonds is 2. The van der Waals surface area contributed by atoms with Crippen molar-refractivity contribution in [2.24, 2.45) is 5.92 Å². The molecule has 1 aliphatic carbocycles. The molecule has 0 bridgehead atoms. The van der Waals surface area contributed by atoms with Gasteiger partial charge < -0.3 is 4.74 Å². The van der Waals surface area contributed by atoms with Gasteiger partial charge in [-0.25, -0.2) is 0 Å². The van der Waals surface area contributed by atoms with E-state index in [9.17, 15) is 0 Å². The molecule has 1 saturated heterocycles. The van der Waals surface area contributed by atoms with Gasteiger partial charge in [0.25, 0.3) is 0 Å². The minimum Gasteiger partial charge on any atom is -0.369 e. The Morgan fingerprint density at radius 2 is 2.19 bits per heavy atom. The van der Waals surface area contributed by atoms with E-state index in [4.69, 9.17) is 27.9 Å². The molecule has 0 amide bonds. The second-order valence-electron chi connectivity index (χ2n) is 4.88. The average Bonchev–Trinajstić information content (AvgIpc) is 2.89. The highest BCUT2D eigenvalue weighted by atomic mass is 35.5. The zero-order valence-electron chi connectivity index (χ0n) is 9.01. The van der Waals surface area contributed by atoms with Crippen LogP contribution in [0, 0.1) is 5.92 Å². The molecule has 16 heavy (non-hydrogen) atoms. The summed E-state index contributed by atoms with van der Waals surface area (Å²) in [7, 11) is 0. The third-order valence-corrected chi connectivity index (χ3v) is 4.48. The molecule has 1 aromatic carbocycles. The maximum Gasteiger partial charge on any atom is 0.0947 e. The molecule has 86 valence electrons. The molecule has 1 nitrogen and oxygen atoms in total. The zero-order valence-corrected chi connectivity index (χ0v) is 10.5. The Morgan fingerprint density at radius 1 is 1.38 bits per heavy atom. The van der Waals surface area contributed by atoms with E-state index in [-0.39, 0.29) is 5.60 Å². The highest BCUT2D eigenvalue weighted by Crippen LogP contribution is 2.49. The maximum absolute atomic E-state index is 6.20. The number of halogens is 2. The van der Waals surface area contributed by atoms with Crippen LogP contribution >= 0.6 is 23.2 Å². The lowest BCUT2D eigenvalue weighted by Crippen LogP contribution is -2.19. The minimum absolute atomic E-state index is 0.211. The van der Waals surface area contributed by atoms with Crippen molar-refractivity contribution in [3.8, 4) is 0 Å². The summed E-state index contributed by atoms with van der Waals surface area (Å²) in [6.07, 6.45) is 4.80. The maximum atomic E-state index is 6.20. The van der Waals surface area contributed by atoms with Gasteiger partial charge in [-0.15, -0.1) is 0 Å². The summed E-state index contributed by atoms with van der Waals surface area (Å²) in [5, 5.41) is 1.49. The molecule has 3 rings (SSSR count). The van der Waals surface area contributed by atoms with Gasteiger partial charge in [0.05, 0.1) is 12.2 Å². The standard InChI is InChI=1S/C13H14Cl2O/c14-11-4-3-9(12(15)7-11)6-10-2-1-5-13(10)8-16-13/h3-4,7,10H,1-2,5-6,8H2. The summed E-state index contributed by atoms with van der Waals surface area (Å²) in [6, 6.07) is 5.78. The molecule has 1 heterocycles. The molecule has 1 saturated carbocycles. The Morgan fingerprint density at radius 3 is 2.88 bits per heavy atom. The van der Waals surface area contributed by atoms with Crippen LogP contribution < -0.4 is 0 Å². The van der Waals surface area contributed by atoms with Crippen LogP contribution in [-0.4, -0.2) is 12.2 Å². The topological polar surface area (TPSA) is 12.5 Å². The van der Waals surface area contributed by atoms with Crippen LogP contribution in [-0.2, 0) is 11.2 Å². The fourth-order valence-corrected chi connectivity index (χ4v) is 3.31. The summed E-state index contributed by atoms with van der Waals surface area (Å²) < 4.78 is 5.64. The van der Waals surface area contributed by atoms with E-state index in [1.165, 1.54) is 24.8 Å². The number of hydrogen-bond donors (Lipinski definition) is 0. The van der Waals surface area contributed by atoms with Gasteiger partial charge >= 0.3 is 0 Å². The molecule has 2 fully saturated rings. The Kier molecular flexibility index (Phi) is 2.66. The zero-order chi connectivity index (χ0) is 11.2. The van der Waals surface area contributed by atoms with E-state index in [0.29, 0.717) is 10.9 Å². The van der Waals surface area contributed by atoms with Crippen LogP contribution in [0.15, 0.2) is 18.2 Å². The second kappa shape index (κ2) is 3.90. The summed E-state index contributed by atoms with van der Waals surface area (Å²) in [6.45, 7) is 0.947. The van der Waals surface area contributed by atoms with Crippen LogP contribution in [0.3, 0.4) is 0 Å². The minimum atomic E-state index is 0.211. The van der Waals surface area contributed by atoms with Crippen molar-refractivity contribution in [3.63, 3.8) is 0 Å². The molecule has 2 atom stereocenters. The third kappa shape index (κ3) is 1.85. The van der Waals surface area contributed by atoms with Crippen LogP contribution in [0.5, 0.6) is 0 Å². The average molecular weight is 257 g/mol. The lowest BCUT2D eigenvalue weighted by atomic mass is 9.90. The lowest BCUT2D eigenvalue weighted by molar-refractivity contribution is 0.245. The Labute approximate surface area is 106 Å². The molecule has 1 aromatic rings. The van der Waals surface area contributed by atoms with Crippen molar-refractivity contribution in [2.75, 3.05) is 6.61 Å².